The van der Waals surface area contributed by atoms with Crippen LogP contribution in [0.4, 0.5) is 0 Å². The first-order valence-corrected chi connectivity index (χ1v) is 10.1. The van der Waals surface area contributed by atoms with Gasteiger partial charge in [0.1, 0.15) is 0 Å². The molecule has 2 aromatic heterocycles. The zero-order chi connectivity index (χ0) is 17.7. The second kappa shape index (κ2) is 6.18. The van der Waals surface area contributed by atoms with E-state index in [1.807, 2.05) is 46.7 Å². The van der Waals surface area contributed by atoms with Crippen LogP contribution >= 0.6 is 11.3 Å². The molecule has 0 spiro atoms. The molecule has 4 nitrogen and oxygen atoms in total. The van der Waals surface area contributed by atoms with Crippen LogP contribution in [0.15, 0.2) is 47.8 Å². The first-order valence-electron chi connectivity index (χ1n) is 9.19. The standard InChI is InChI=1S/C21H21N3OS/c22-17-8-7-13-11-24(12-16(13)17)21(25)15-10-19(20-6-3-9-26-20)23-18-5-2-1-4-14(15)18/h1-6,9-10,13,16-17H,7-8,11-12,22H2. The summed E-state index contributed by atoms with van der Waals surface area (Å²) in [6.45, 7) is 1.62. The van der Waals surface area contributed by atoms with Crippen molar-refractivity contribution in [2.24, 2.45) is 17.6 Å². The number of carbonyl (C=O) groups is 1. The molecule has 1 saturated heterocycles. The summed E-state index contributed by atoms with van der Waals surface area (Å²) in [6, 6.07) is 14.2. The van der Waals surface area contributed by atoms with Gasteiger partial charge in [-0.25, -0.2) is 4.98 Å². The number of thiophene rings is 1. The number of benzene rings is 1. The Morgan fingerprint density at radius 3 is 2.85 bits per heavy atom. The van der Waals surface area contributed by atoms with Crippen LogP contribution in [-0.2, 0) is 0 Å². The summed E-state index contributed by atoms with van der Waals surface area (Å²) < 4.78 is 0. The number of hydrogen-bond acceptors (Lipinski definition) is 4. The molecule has 5 rings (SSSR count). The number of carbonyl (C=O) groups excluding carboxylic acids is 1. The van der Waals surface area contributed by atoms with Crippen molar-refractivity contribution in [2.45, 2.75) is 18.9 Å². The van der Waals surface area contributed by atoms with Crippen molar-refractivity contribution < 1.29 is 4.79 Å². The summed E-state index contributed by atoms with van der Waals surface area (Å²) in [6.07, 6.45) is 2.24. The van der Waals surface area contributed by atoms with Crippen molar-refractivity contribution in [1.82, 2.24) is 9.88 Å². The first kappa shape index (κ1) is 16.0. The molecule has 2 fully saturated rings. The second-order valence-electron chi connectivity index (χ2n) is 7.42. The molecule has 3 heterocycles. The summed E-state index contributed by atoms with van der Waals surface area (Å²) in [5, 5.41) is 2.97. The normalized spacial score (nSPS) is 25.0. The Bertz CT molecular complexity index is 969. The van der Waals surface area contributed by atoms with E-state index in [-0.39, 0.29) is 11.9 Å². The highest BCUT2D eigenvalue weighted by atomic mass is 32.1. The van der Waals surface area contributed by atoms with Gasteiger partial charge in [0.2, 0.25) is 0 Å². The molecule has 132 valence electrons. The van der Waals surface area contributed by atoms with Crippen LogP contribution in [-0.4, -0.2) is 34.9 Å². The number of hydrogen-bond donors (Lipinski definition) is 1. The molecule has 5 heteroatoms. The second-order valence-corrected chi connectivity index (χ2v) is 8.37. The monoisotopic (exact) mass is 363 g/mol. The number of para-hydroxylation sites is 1. The fourth-order valence-corrected chi connectivity index (χ4v) is 5.23. The number of fused-ring (bicyclic) bond motifs is 2. The molecule has 0 bridgehead atoms. The predicted molar refractivity (Wildman–Crippen MR) is 105 cm³/mol. The van der Waals surface area contributed by atoms with E-state index in [0.29, 0.717) is 11.8 Å². The molecule has 1 saturated carbocycles. The van der Waals surface area contributed by atoms with Crippen molar-refractivity contribution in [2.75, 3.05) is 13.1 Å². The van der Waals surface area contributed by atoms with Gasteiger partial charge in [0, 0.05) is 24.5 Å². The highest BCUT2D eigenvalue weighted by Crippen LogP contribution is 2.38. The fraction of sp³-hybridized carbons (Fsp3) is 0.333. The Morgan fingerprint density at radius 2 is 2.04 bits per heavy atom. The van der Waals surface area contributed by atoms with Crippen LogP contribution in [0.2, 0.25) is 0 Å². The summed E-state index contributed by atoms with van der Waals surface area (Å²) in [5.41, 5.74) is 8.76. The highest BCUT2D eigenvalue weighted by Gasteiger charge is 2.42. The Labute approximate surface area is 156 Å². The maximum absolute atomic E-state index is 13.4. The van der Waals surface area contributed by atoms with Crippen LogP contribution in [0.25, 0.3) is 21.5 Å². The molecular weight excluding hydrogens is 342 g/mol. The summed E-state index contributed by atoms with van der Waals surface area (Å²) in [5.74, 6) is 1.14. The Morgan fingerprint density at radius 1 is 1.15 bits per heavy atom. The molecule has 1 aliphatic carbocycles. The lowest BCUT2D eigenvalue weighted by molar-refractivity contribution is 0.0781. The minimum absolute atomic E-state index is 0.114. The lowest BCUT2D eigenvalue weighted by atomic mass is 9.98. The highest BCUT2D eigenvalue weighted by molar-refractivity contribution is 7.13. The Balaban J connectivity index is 1.56. The molecule has 3 atom stereocenters. The summed E-state index contributed by atoms with van der Waals surface area (Å²) in [7, 11) is 0. The SMILES string of the molecule is NC1CCC2CN(C(=O)c3cc(-c4cccs4)nc4ccccc34)CC12. The van der Waals surface area contributed by atoms with E-state index in [2.05, 4.69) is 6.07 Å². The topological polar surface area (TPSA) is 59.2 Å². The van der Waals surface area contributed by atoms with Gasteiger partial charge < -0.3 is 10.6 Å². The van der Waals surface area contributed by atoms with Gasteiger partial charge in [-0.05, 0) is 48.3 Å². The molecule has 1 amide bonds. The van der Waals surface area contributed by atoms with Gasteiger partial charge >= 0.3 is 0 Å². The van der Waals surface area contributed by atoms with Gasteiger partial charge in [0.15, 0.2) is 0 Å². The zero-order valence-electron chi connectivity index (χ0n) is 14.5. The third-order valence-electron chi connectivity index (χ3n) is 5.92. The molecule has 26 heavy (non-hydrogen) atoms. The number of rotatable bonds is 2. The first-order chi connectivity index (χ1) is 12.7. The molecule has 3 unspecified atom stereocenters. The minimum Gasteiger partial charge on any atom is -0.338 e. The lowest BCUT2D eigenvalue weighted by Gasteiger charge is -2.20. The summed E-state index contributed by atoms with van der Waals surface area (Å²) >= 11 is 1.65. The molecule has 1 aromatic carbocycles. The van der Waals surface area contributed by atoms with E-state index in [1.165, 1.54) is 0 Å². The summed E-state index contributed by atoms with van der Waals surface area (Å²) in [4.78, 5) is 21.3. The van der Waals surface area contributed by atoms with Crippen LogP contribution in [0, 0.1) is 11.8 Å². The Hall–Kier alpha value is -2.24. The molecule has 2 N–H and O–H groups in total. The lowest BCUT2D eigenvalue weighted by Crippen LogP contribution is -2.33. The average Bonchev–Trinajstić information content (AvgIpc) is 3.39. The van der Waals surface area contributed by atoms with E-state index in [0.717, 1.165) is 53.0 Å². The van der Waals surface area contributed by atoms with Gasteiger partial charge in [0.05, 0.1) is 21.7 Å². The number of aromatic nitrogens is 1. The van der Waals surface area contributed by atoms with Gasteiger partial charge in [0.25, 0.3) is 5.91 Å². The Kier molecular flexibility index (Phi) is 3.80. The minimum atomic E-state index is 0.114. The zero-order valence-corrected chi connectivity index (χ0v) is 15.3. The van der Waals surface area contributed by atoms with Crippen LogP contribution in [0.1, 0.15) is 23.2 Å². The number of amides is 1. The van der Waals surface area contributed by atoms with Gasteiger partial charge in [-0.1, -0.05) is 24.3 Å². The third kappa shape index (κ3) is 2.54. The van der Waals surface area contributed by atoms with Gasteiger partial charge in [-0.15, -0.1) is 11.3 Å². The number of nitrogens with two attached hydrogens (primary N) is 1. The maximum atomic E-state index is 13.4. The van der Waals surface area contributed by atoms with Crippen molar-refractivity contribution >= 4 is 28.1 Å². The predicted octanol–water partition coefficient (Wildman–Crippen LogP) is 3.77. The van der Waals surface area contributed by atoms with Crippen molar-refractivity contribution in [3.05, 3.63) is 53.4 Å². The maximum Gasteiger partial charge on any atom is 0.254 e. The quantitative estimate of drug-likeness (QED) is 0.754. The van der Waals surface area contributed by atoms with Gasteiger partial charge in [-0.2, -0.15) is 0 Å². The number of pyridine rings is 1. The van der Waals surface area contributed by atoms with E-state index >= 15 is 0 Å². The molecule has 1 aliphatic heterocycles. The molecule has 2 aliphatic rings. The van der Waals surface area contributed by atoms with Crippen molar-refractivity contribution in [3.63, 3.8) is 0 Å². The van der Waals surface area contributed by atoms with Gasteiger partial charge in [-0.3, -0.25) is 4.79 Å². The van der Waals surface area contributed by atoms with Crippen LogP contribution in [0.5, 0.6) is 0 Å². The van der Waals surface area contributed by atoms with Crippen molar-refractivity contribution in [1.29, 1.82) is 0 Å². The van der Waals surface area contributed by atoms with Crippen LogP contribution in [0.3, 0.4) is 0 Å². The third-order valence-corrected chi connectivity index (χ3v) is 6.81. The van der Waals surface area contributed by atoms with Crippen LogP contribution < -0.4 is 5.73 Å². The number of nitrogens with zero attached hydrogens (tertiary/aromatic N) is 2. The smallest absolute Gasteiger partial charge is 0.254 e. The van der Waals surface area contributed by atoms with Crippen molar-refractivity contribution in [3.8, 4) is 10.6 Å². The van der Waals surface area contributed by atoms with E-state index < -0.39 is 0 Å². The molecular formula is C21H21N3OS. The van der Waals surface area contributed by atoms with E-state index in [4.69, 9.17) is 10.7 Å². The van der Waals surface area contributed by atoms with E-state index in [1.54, 1.807) is 11.3 Å². The number of likely N-dealkylation sites (tertiary alicyclic amines) is 1. The largest absolute Gasteiger partial charge is 0.338 e. The molecule has 3 aromatic rings. The molecule has 0 radical (unpaired) electrons. The fourth-order valence-electron chi connectivity index (χ4n) is 4.55. The average molecular weight is 363 g/mol. The van der Waals surface area contributed by atoms with E-state index in [9.17, 15) is 4.79 Å².